The van der Waals surface area contributed by atoms with Crippen LogP contribution in [0.2, 0.25) is 10.0 Å². The maximum atomic E-state index is 12.3. The monoisotopic (exact) mass is 582 g/mol. The summed E-state index contributed by atoms with van der Waals surface area (Å²) in [4.78, 5) is 41.1. The van der Waals surface area contributed by atoms with Gasteiger partial charge in [0, 0.05) is 38.1 Å². The molecule has 0 aliphatic carbocycles. The third kappa shape index (κ3) is 10.1. The number of thiazole rings is 1. The number of carboxylic acid groups (broad SMARTS) is 1. The van der Waals surface area contributed by atoms with E-state index in [1.165, 1.54) is 23.1 Å². The number of amides is 2. The first-order valence-electron chi connectivity index (χ1n) is 10.4. The standard InChI is InChI=1S/C21H24Cl2N4O5S2.ClH/c22-15-2-1-13(7-16(15)23)9-27-5-6-32-14(10-27)8-25-18(28)12-34-21-26-17(11-33-21)20(31)24-4-3-19(29)30;/h1-2,7,11,14H,3-6,8-10,12H2,(H,24,31)(H,25,28)(H,29,30);1H. The Labute approximate surface area is 227 Å². The van der Waals surface area contributed by atoms with Gasteiger partial charge in [-0.05, 0) is 17.7 Å². The Morgan fingerprint density at radius 2 is 2.06 bits per heavy atom. The van der Waals surface area contributed by atoms with Gasteiger partial charge in [0.2, 0.25) is 5.91 Å². The van der Waals surface area contributed by atoms with Gasteiger partial charge in [0.05, 0.1) is 34.9 Å². The van der Waals surface area contributed by atoms with E-state index in [0.717, 1.165) is 18.7 Å². The van der Waals surface area contributed by atoms with Gasteiger partial charge in [0.25, 0.3) is 5.91 Å². The Bertz CT molecular complexity index is 1030. The van der Waals surface area contributed by atoms with Crippen molar-refractivity contribution in [2.24, 2.45) is 0 Å². The molecule has 1 atom stereocenters. The van der Waals surface area contributed by atoms with E-state index in [0.29, 0.717) is 34.1 Å². The molecular weight excluding hydrogens is 559 g/mol. The number of hydrogen-bond donors (Lipinski definition) is 3. The van der Waals surface area contributed by atoms with Crippen LogP contribution in [0.15, 0.2) is 27.9 Å². The molecule has 1 aromatic carbocycles. The summed E-state index contributed by atoms with van der Waals surface area (Å²) in [6, 6.07) is 5.59. The van der Waals surface area contributed by atoms with Gasteiger partial charge in [0.1, 0.15) is 5.69 Å². The molecule has 2 amide bonds. The summed E-state index contributed by atoms with van der Waals surface area (Å²) < 4.78 is 6.36. The van der Waals surface area contributed by atoms with Crippen LogP contribution in [0.5, 0.6) is 0 Å². The quantitative estimate of drug-likeness (QED) is 0.345. The van der Waals surface area contributed by atoms with Crippen LogP contribution >= 0.6 is 58.7 Å². The number of nitrogens with one attached hydrogen (secondary N) is 2. The van der Waals surface area contributed by atoms with Gasteiger partial charge in [-0.25, -0.2) is 4.98 Å². The van der Waals surface area contributed by atoms with E-state index in [1.54, 1.807) is 11.4 Å². The van der Waals surface area contributed by atoms with Crippen LogP contribution < -0.4 is 10.6 Å². The Balaban J connectivity index is 0.00000432. The van der Waals surface area contributed by atoms with Crippen molar-refractivity contribution in [3.63, 3.8) is 0 Å². The summed E-state index contributed by atoms with van der Waals surface area (Å²) in [7, 11) is 0. The van der Waals surface area contributed by atoms with E-state index in [9.17, 15) is 14.4 Å². The third-order valence-corrected chi connectivity index (χ3v) is 7.57. The first kappa shape index (κ1) is 29.6. The number of aliphatic carboxylic acids is 1. The molecular formula is C21H25Cl3N4O5S2. The Morgan fingerprint density at radius 1 is 1.26 bits per heavy atom. The maximum Gasteiger partial charge on any atom is 0.305 e. The fourth-order valence-electron chi connectivity index (χ4n) is 3.15. The highest BCUT2D eigenvalue weighted by Gasteiger charge is 2.21. The van der Waals surface area contributed by atoms with Gasteiger partial charge in [0.15, 0.2) is 4.34 Å². The minimum absolute atomic E-state index is 0. The summed E-state index contributed by atoms with van der Waals surface area (Å²) >= 11 is 14.6. The van der Waals surface area contributed by atoms with E-state index in [4.69, 9.17) is 33.0 Å². The normalized spacial score (nSPS) is 15.8. The van der Waals surface area contributed by atoms with Crippen molar-refractivity contribution in [3.8, 4) is 0 Å². The lowest BCUT2D eigenvalue weighted by atomic mass is 10.2. The average Bonchev–Trinajstić information content (AvgIpc) is 3.28. The van der Waals surface area contributed by atoms with Crippen LogP contribution in [0.1, 0.15) is 22.5 Å². The molecule has 1 fully saturated rings. The molecule has 2 aromatic rings. The van der Waals surface area contributed by atoms with Crippen molar-refractivity contribution in [1.29, 1.82) is 0 Å². The van der Waals surface area contributed by atoms with Crippen molar-refractivity contribution in [2.75, 3.05) is 38.5 Å². The van der Waals surface area contributed by atoms with Crippen LogP contribution in [-0.2, 0) is 20.9 Å². The lowest BCUT2D eigenvalue weighted by Crippen LogP contribution is -2.47. The zero-order valence-corrected chi connectivity index (χ0v) is 22.5. The molecule has 0 spiro atoms. The summed E-state index contributed by atoms with van der Waals surface area (Å²) in [5, 5.41) is 16.6. The van der Waals surface area contributed by atoms with Gasteiger partial charge < -0.3 is 20.5 Å². The molecule has 0 radical (unpaired) electrons. The van der Waals surface area contributed by atoms with E-state index in [2.05, 4.69) is 20.5 Å². The fourth-order valence-corrected chi connectivity index (χ4v) is 5.11. The highest BCUT2D eigenvalue weighted by atomic mass is 35.5. The van der Waals surface area contributed by atoms with Crippen LogP contribution in [0.25, 0.3) is 0 Å². The summed E-state index contributed by atoms with van der Waals surface area (Å²) in [6.45, 7) is 3.19. The summed E-state index contributed by atoms with van der Waals surface area (Å²) in [5.74, 6) is -1.42. The summed E-state index contributed by atoms with van der Waals surface area (Å²) in [6.07, 6.45) is -0.276. The smallest absolute Gasteiger partial charge is 0.305 e. The zero-order chi connectivity index (χ0) is 24.5. The SMILES string of the molecule is Cl.O=C(O)CCNC(=O)c1csc(SCC(=O)NCC2CN(Cc3ccc(Cl)c(Cl)c3)CCO2)n1. The van der Waals surface area contributed by atoms with Gasteiger partial charge in [-0.3, -0.25) is 19.3 Å². The number of morpholine rings is 1. The van der Waals surface area contributed by atoms with Crippen molar-refractivity contribution >= 4 is 76.5 Å². The first-order valence-corrected chi connectivity index (χ1v) is 13.0. The van der Waals surface area contributed by atoms with E-state index in [1.807, 2.05) is 12.1 Å². The number of thioether (sulfide) groups is 1. The molecule has 1 aromatic heterocycles. The molecule has 0 bridgehead atoms. The van der Waals surface area contributed by atoms with Crippen LogP contribution in [0.3, 0.4) is 0 Å². The predicted molar refractivity (Wildman–Crippen MR) is 139 cm³/mol. The largest absolute Gasteiger partial charge is 0.481 e. The molecule has 1 unspecified atom stereocenters. The molecule has 1 aliphatic rings. The lowest BCUT2D eigenvalue weighted by molar-refractivity contribution is -0.136. The lowest BCUT2D eigenvalue weighted by Gasteiger charge is -2.33. The van der Waals surface area contributed by atoms with Crippen molar-refractivity contribution < 1.29 is 24.2 Å². The molecule has 14 heteroatoms. The average molecular weight is 584 g/mol. The molecule has 0 saturated carbocycles. The minimum atomic E-state index is -0.987. The number of carbonyl (C=O) groups is 3. The van der Waals surface area contributed by atoms with Gasteiger partial charge in [-0.1, -0.05) is 41.0 Å². The molecule has 35 heavy (non-hydrogen) atoms. The highest BCUT2D eigenvalue weighted by molar-refractivity contribution is 8.01. The third-order valence-electron chi connectivity index (χ3n) is 4.81. The molecule has 192 valence electrons. The Morgan fingerprint density at radius 3 is 2.80 bits per heavy atom. The van der Waals surface area contributed by atoms with Gasteiger partial charge in [-0.2, -0.15) is 0 Å². The van der Waals surface area contributed by atoms with E-state index < -0.39 is 11.9 Å². The molecule has 1 saturated heterocycles. The molecule has 2 heterocycles. The topological polar surface area (TPSA) is 121 Å². The predicted octanol–water partition coefficient (Wildman–Crippen LogP) is 3.19. The number of carboxylic acids is 1. The van der Waals surface area contributed by atoms with Gasteiger partial charge in [-0.15, -0.1) is 23.7 Å². The number of aromatic nitrogens is 1. The van der Waals surface area contributed by atoms with Crippen molar-refractivity contribution in [2.45, 2.75) is 23.4 Å². The molecule has 3 rings (SSSR count). The van der Waals surface area contributed by atoms with Crippen LogP contribution in [0.4, 0.5) is 0 Å². The second-order valence-corrected chi connectivity index (χ2v) is 10.4. The highest BCUT2D eigenvalue weighted by Crippen LogP contribution is 2.24. The Hall–Kier alpha value is -1.60. The molecule has 3 N–H and O–H groups in total. The second kappa shape index (κ2) is 14.8. The van der Waals surface area contributed by atoms with Crippen molar-refractivity contribution in [3.05, 3.63) is 44.9 Å². The number of halogens is 3. The molecule has 1 aliphatic heterocycles. The van der Waals surface area contributed by atoms with Crippen LogP contribution in [0, 0.1) is 0 Å². The number of ether oxygens (including phenoxy) is 1. The number of carbonyl (C=O) groups excluding carboxylic acids is 2. The second-order valence-electron chi connectivity index (χ2n) is 7.47. The minimum Gasteiger partial charge on any atom is -0.481 e. The number of hydrogen-bond acceptors (Lipinski definition) is 8. The number of nitrogens with zero attached hydrogens (tertiary/aromatic N) is 2. The number of benzene rings is 1. The Kier molecular flexibility index (Phi) is 12.6. The van der Waals surface area contributed by atoms with Gasteiger partial charge >= 0.3 is 5.97 Å². The van der Waals surface area contributed by atoms with E-state index >= 15 is 0 Å². The summed E-state index contributed by atoms with van der Waals surface area (Å²) in [5.41, 5.74) is 1.27. The first-order chi connectivity index (χ1) is 16.3. The maximum absolute atomic E-state index is 12.3. The van der Waals surface area contributed by atoms with Crippen LogP contribution in [-0.4, -0.2) is 77.4 Å². The zero-order valence-electron chi connectivity index (χ0n) is 18.5. The molecule has 9 nitrogen and oxygen atoms in total. The van der Waals surface area contributed by atoms with Crippen molar-refractivity contribution in [1.82, 2.24) is 20.5 Å². The number of rotatable bonds is 11. The van der Waals surface area contributed by atoms with E-state index in [-0.39, 0.29) is 48.8 Å². The fraction of sp³-hybridized carbons (Fsp3) is 0.429.